The minimum absolute atomic E-state index is 0. The van der Waals surface area contributed by atoms with Gasteiger partial charge in [-0.3, -0.25) is 77.6 Å². The summed E-state index contributed by atoms with van der Waals surface area (Å²) in [5, 5.41) is 90.3. The van der Waals surface area contributed by atoms with Crippen molar-refractivity contribution >= 4 is 93.8 Å². The molecule has 47 heteroatoms. The van der Waals surface area contributed by atoms with Crippen LogP contribution in [-0.2, 0) is 188 Å². The third kappa shape index (κ3) is 70.2. The van der Waals surface area contributed by atoms with Crippen LogP contribution in [0.25, 0.3) is 0 Å². The van der Waals surface area contributed by atoms with Gasteiger partial charge in [-0.05, 0) is 86.5 Å². The molecule has 129 heavy (non-hydrogen) atoms. The van der Waals surface area contributed by atoms with E-state index in [0.717, 1.165) is 11.1 Å². The number of carboxylic acid groups (broad SMARTS) is 8. The average molecular weight is 2030 g/mol. The van der Waals surface area contributed by atoms with Crippen molar-refractivity contribution in [2.75, 3.05) is 366 Å². The Hall–Kier alpha value is -5.13. The number of carbonyl (C=O) groups is 8. The number of anilines is 2. The topological polar surface area (TPSA) is 511 Å². The fourth-order valence-corrected chi connectivity index (χ4v) is 13.1. The molecule has 2 unspecified atom stereocenters. The van der Waals surface area contributed by atoms with Crippen LogP contribution in [0.1, 0.15) is 25.0 Å². The predicted molar refractivity (Wildman–Crippen MR) is 473 cm³/mol. The first-order chi connectivity index (χ1) is 61.4. The van der Waals surface area contributed by atoms with E-state index >= 15 is 0 Å². The van der Waals surface area contributed by atoms with Crippen LogP contribution in [0, 0.1) is 0 Å². The largest absolute Gasteiger partial charge is 0.480 e. The van der Waals surface area contributed by atoms with Crippen LogP contribution in [-0.4, -0.2) is 505 Å². The van der Waals surface area contributed by atoms with Crippen LogP contribution in [0.2, 0.25) is 0 Å². The number of hydrogen-bond donors (Lipinski definition) is 12. The van der Waals surface area contributed by atoms with E-state index in [4.69, 9.17) is 95.5 Å². The molecule has 2 aromatic carbocycles. The number of nitrogens with one attached hydrogen (secondary N) is 4. The number of ether oxygens (including phenoxy) is 15. The van der Waals surface area contributed by atoms with Gasteiger partial charge in [0.1, 0.15) is 0 Å². The maximum absolute atomic E-state index is 12.0. The molecule has 2 atom stereocenters. The molecule has 43 nitrogen and oxygen atoms in total. The van der Waals surface area contributed by atoms with Gasteiger partial charge in [-0.25, -0.2) is 0 Å². The summed E-state index contributed by atoms with van der Waals surface area (Å²) >= 11 is 10.9. The third-order valence-corrected chi connectivity index (χ3v) is 19.3. The molecule has 0 aliphatic carbocycles. The Morgan fingerprint density at radius 3 is 0.674 bits per heavy atom. The maximum Gasteiger partial charge on any atom is 0.317 e. The molecule has 2 saturated heterocycles. The molecular weight excluding hydrogens is 1890 g/mol. The van der Waals surface area contributed by atoms with Crippen LogP contribution >= 0.6 is 24.4 Å². The zero-order valence-electron chi connectivity index (χ0n) is 74.9. The molecule has 0 amide bonds. The van der Waals surface area contributed by atoms with Crippen LogP contribution in [0.15, 0.2) is 48.5 Å². The SMILES string of the molecule is CCOCCOCCOCCOCCOCCOCCOCCNC(=S)Nc1ccc(CC2CN(CC(=O)O)CCN(CC(=O)O)CCN(CC(=O)O)CCN2CC(=O)O)cc1.CCOCCOCCOCCOCCOCCOCCOCCOCCNC(=S)Nc1ccc(CC2CN(CC(=O)O)CCN(CC(=O)O)CCN(CC(=O)O)CCN2CC(=O)O)cc1.[Y].[Y]. The van der Waals surface area contributed by atoms with E-state index in [1.165, 1.54) is 0 Å². The minimum Gasteiger partial charge on any atom is -0.480 e. The Balaban J connectivity index is 0.00000127. The molecule has 4 rings (SSSR count). The second kappa shape index (κ2) is 81.2. The quantitative estimate of drug-likeness (QED) is 0.0284. The number of rotatable bonds is 69. The van der Waals surface area contributed by atoms with E-state index in [-0.39, 0.29) is 209 Å². The molecule has 0 aromatic heterocycles. The smallest absolute Gasteiger partial charge is 0.317 e. The predicted octanol–water partition coefficient (Wildman–Crippen LogP) is -0.828. The number of nitrogens with zero attached hydrogens (tertiary/aromatic N) is 8. The van der Waals surface area contributed by atoms with Crippen molar-refractivity contribution in [3.63, 3.8) is 0 Å². The van der Waals surface area contributed by atoms with Gasteiger partial charge in [0.2, 0.25) is 0 Å². The summed E-state index contributed by atoms with van der Waals surface area (Å²) in [6.45, 7) is 20.0. The molecule has 12 N–H and O–H groups in total. The Morgan fingerprint density at radius 1 is 0.279 bits per heavy atom. The molecule has 2 aliphatic heterocycles. The summed E-state index contributed by atoms with van der Waals surface area (Å²) in [5.41, 5.74) is 3.13. The summed E-state index contributed by atoms with van der Waals surface area (Å²) in [6, 6.07) is 13.9. The molecule has 2 radical (unpaired) electrons. The summed E-state index contributed by atoms with van der Waals surface area (Å²) < 4.78 is 81.7. The van der Waals surface area contributed by atoms with E-state index < -0.39 is 59.8 Å². The number of aliphatic carboxylic acids is 8. The maximum atomic E-state index is 12.0. The zero-order chi connectivity index (χ0) is 92.5. The monoisotopic (exact) mass is 2030 g/mol. The van der Waals surface area contributed by atoms with Gasteiger partial charge < -0.3 is 133 Å². The molecular formula is C82H140N12O31S2Y2. The summed E-state index contributed by atoms with van der Waals surface area (Å²) in [4.78, 5) is 108. The first-order valence-corrected chi connectivity index (χ1v) is 43.7. The van der Waals surface area contributed by atoms with Gasteiger partial charge in [-0.1, -0.05) is 24.3 Å². The first-order valence-electron chi connectivity index (χ1n) is 42.9. The van der Waals surface area contributed by atoms with Crippen molar-refractivity contribution in [3.05, 3.63) is 59.7 Å². The van der Waals surface area contributed by atoms with Gasteiger partial charge in [0.25, 0.3) is 0 Å². The van der Waals surface area contributed by atoms with Gasteiger partial charge in [-0.15, -0.1) is 0 Å². The van der Waals surface area contributed by atoms with Crippen molar-refractivity contribution < 1.29 is 216 Å². The van der Waals surface area contributed by atoms with Gasteiger partial charge in [0.05, 0.1) is 237 Å². The van der Waals surface area contributed by atoms with E-state index in [0.29, 0.717) is 246 Å². The number of hydrogen-bond acceptors (Lipinski definition) is 33. The summed E-state index contributed by atoms with van der Waals surface area (Å²) in [6.07, 6.45) is 0.715. The molecule has 732 valence electrons. The van der Waals surface area contributed by atoms with Crippen LogP contribution in [0.3, 0.4) is 0 Å². The third-order valence-electron chi connectivity index (χ3n) is 18.8. The second-order valence-electron chi connectivity index (χ2n) is 28.9. The normalized spacial score (nSPS) is 16.0. The fraction of sp³-hybridized carbons (Fsp3) is 0.732. The Bertz CT molecular complexity index is 3290. The minimum atomic E-state index is -1.08. The Kier molecular flexibility index (Phi) is 76.8. The van der Waals surface area contributed by atoms with Gasteiger partial charge >= 0.3 is 47.8 Å². The second-order valence-corrected chi connectivity index (χ2v) is 29.7. The summed E-state index contributed by atoms with van der Waals surface area (Å²) in [7, 11) is 0. The van der Waals surface area contributed by atoms with Crippen LogP contribution in [0.5, 0.6) is 0 Å². The Morgan fingerprint density at radius 2 is 0.465 bits per heavy atom. The molecule has 2 aliphatic rings. The van der Waals surface area contributed by atoms with E-state index in [1.807, 2.05) is 62.4 Å². The number of benzene rings is 2. The molecule has 2 heterocycles. The molecule has 0 spiro atoms. The molecule has 2 fully saturated rings. The molecule has 0 bridgehead atoms. The van der Waals surface area contributed by atoms with Crippen molar-refractivity contribution in [2.45, 2.75) is 38.8 Å². The van der Waals surface area contributed by atoms with Gasteiger partial charge in [-0.2, -0.15) is 0 Å². The first kappa shape index (κ1) is 122. The van der Waals surface area contributed by atoms with E-state index in [9.17, 15) is 79.2 Å². The van der Waals surface area contributed by atoms with Gasteiger partial charge in [0, 0.05) is 207 Å². The molecule has 2 aromatic rings. The number of thiocarbonyl (C=S) groups is 2. The van der Waals surface area contributed by atoms with E-state index in [1.54, 1.807) is 39.2 Å². The van der Waals surface area contributed by atoms with Gasteiger partial charge in [0.15, 0.2) is 10.2 Å². The van der Waals surface area contributed by atoms with Crippen LogP contribution < -0.4 is 21.3 Å². The van der Waals surface area contributed by atoms with Crippen molar-refractivity contribution in [3.8, 4) is 0 Å². The van der Waals surface area contributed by atoms with E-state index in [2.05, 4.69) is 21.3 Å². The standard InChI is InChI=1S/C42H72N6O16S.C40H68N6O15S.2Y/c1-2-57-15-16-59-19-20-61-23-24-63-27-28-64-26-25-62-22-21-60-18-17-58-14-7-43-42(65)44-36-5-3-35(4-6-36)29-37-30-47(33-40(53)54)11-10-45(31-38(49)50)8-9-46(32-39(51)52)12-13-48(37)34-41(55)56;1-2-55-15-16-57-19-20-59-23-24-61-26-25-60-22-21-58-18-17-56-14-7-41-40(62)42-34-5-3-33(4-6-34)27-35-28-45(31-38(51)52)11-10-43(29-36(47)48)8-9-44(30-37(49)50)12-13-46(35)32-39(53)54;;/h3-6,37H,2,7-34H2,1H3,(H,49,50)(H,51,52)(H,53,54)(H,55,56)(H2,43,44,65);3-6,35H,2,7-32H2,1H3,(H,47,48)(H,49,50)(H,51,52)(H,53,54)(H2,41,42,62);;. The molecule has 0 saturated carbocycles. The Labute approximate surface area is 817 Å². The van der Waals surface area contributed by atoms with Crippen molar-refractivity contribution in [1.82, 2.24) is 49.8 Å². The number of carboxylic acids is 8. The average Bonchev–Trinajstić information content (AvgIpc) is 0.855. The summed E-state index contributed by atoms with van der Waals surface area (Å²) in [5.74, 6) is -8.52. The van der Waals surface area contributed by atoms with Crippen molar-refractivity contribution in [1.29, 1.82) is 0 Å². The van der Waals surface area contributed by atoms with Crippen molar-refractivity contribution in [2.24, 2.45) is 0 Å². The zero-order valence-corrected chi connectivity index (χ0v) is 82.2. The van der Waals surface area contributed by atoms with Crippen LogP contribution in [0.4, 0.5) is 11.4 Å². The fourth-order valence-electron chi connectivity index (χ4n) is 12.7.